The second-order valence-electron chi connectivity index (χ2n) is 4.22. The minimum absolute atomic E-state index is 0.0529. The van der Waals surface area contributed by atoms with Crippen molar-refractivity contribution in [2.45, 2.75) is 30.9 Å². The number of hydrogen-bond acceptors (Lipinski definition) is 3. The molecule has 0 spiro atoms. The van der Waals surface area contributed by atoms with Crippen LogP contribution < -0.4 is 5.32 Å². The highest BCUT2D eigenvalue weighted by molar-refractivity contribution is 7.91. The zero-order valence-electron chi connectivity index (χ0n) is 10.3. The highest BCUT2D eigenvalue weighted by Crippen LogP contribution is 2.16. The lowest BCUT2D eigenvalue weighted by Crippen LogP contribution is -2.38. The van der Waals surface area contributed by atoms with E-state index in [9.17, 15) is 8.42 Å². The van der Waals surface area contributed by atoms with Gasteiger partial charge < -0.3 is 5.32 Å². The third-order valence-corrected chi connectivity index (χ3v) is 5.54. The first kappa shape index (κ1) is 14.5. The number of benzene rings is 1. The van der Waals surface area contributed by atoms with Gasteiger partial charge in [-0.3, -0.25) is 0 Å². The van der Waals surface area contributed by atoms with Crippen molar-refractivity contribution in [3.8, 4) is 0 Å². The van der Waals surface area contributed by atoms with Crippen LogP contribution in [0.3, 0.4) is 0 Å². The Hall–Kier alpha value is -0.580. The standard InChI is InChI=1S/C12H18ClNO2S/c1-9(14-3)10(2)17(15,16)8-11-4-6-12(13)7-5-11/h4-7,9-10,14H,8H2,1-3H3. The van der Waals surface area contributed by atoms with Gasteiger partial charge in [-0.2, -0.15) is 0 Å². The predicted octanol–water partition coefficient (Wildman–Crippen LogP) is 2.25. The summed E-state index contributed by atoms with van der Waals surface area (Å²) in [7, 11) is -1.38. The van der Waals surface area contributed by atoms with Gasteiger partial charge in [0.15, 0.2) is 9.84 Å². The fourth-order valence-electron chi connectivity index (χ4n) is 1.49. The molecular weight excluding hydrogens is 258 g/mol. The van der Waals surface area contributed by atoms with Gasteiger partial charge in [0.1, 0.15) is 0 Å². The van der Waals surface area contributed by atoms with Crippen molar-refractivity contribution in [3.63, 3.8) is 0 Å². The summed E-state index contributed by atoms with van der Waals surface area (Å²) in [5.74, 6) is 0.0529. The first-order valence-corrected chi connectivity index (χ1v) is 7.59. The lowest BCUT2D eigenvalue weighted by Gasteiger charge is -2.19. The maximum absolute atomic E-state index is 12.1. The second kappa shape index (κ2) is 5.85. The van der Waals surface area contributed by atoms with E-state index in [4.69, 9.17) is 11.6 Å². The summed E-state index contributed by atoms with van der Waals surface area (Å²) < 4.78 is 24.2. The molecule has 96 valence electrons. The number of sulfone groups is 1. The smallest absolute Gasteiger partial charge is 0.158 e. The summed E-state index contributed by atoms with van der Waals surface area (Å²) in [6.45, 7) is 3.59. The van der Waals surface area contributed by atoms with E-state index in [0.29, 0.717) is 5.02 Å². The number of rotatable bonds is 5. The topological polar surface area (TPSA) is 46.2 Å². The zero-order chi connectivity index (χ0) is 13.1. The van der Waals surface area contributed by atoms with Crippen LogP contribution in [0.15, 0.2) is 24.3 Å². The van der Waals surface area contributed by atoms with Gasteiger partial charge in [0.25, 0.3) is 0 Å². The Morgan fingerprint density at radius 1 is 1.24 bits per heavy atom. The van der Waals surface area contributed by atoms with Crippen LogP contribution in [-0.2, 0) is 15.6 Å². The molecule has 1 aromatic carbocycles. The van der Waals surface area contributed by atoms with E-state index < -0.39 is 15.1 Å². The molecule has 1 rings (SSSR count). The average Bonchev–Trinajstić information content (AvgIpc) is 2.30. The van der Waals surface area contributed by atoms with Gasteiger partial charge in [-0.05, 0) is 38.6 Å². The van der Waals surface area contributed by atoms with Crippen LogP contribution in [0.2, 0.25) is 5.02 Å². The fraction of sp³-hybridized carbons (Fsp3) is 0.500. The number of nitrogens with one attached hydrogen (secondary N) is 1. The highest BCUT2D eigenvalue weighted by Gasteiger charge is 2.25. The minimum atomic E-state index is -3.14. The largest absolute Gasteiger partial charge is 0.316 e. The minimum Gasteiger partial charge on any atom is -0.316 e. The van der Waals surface area contributed by atoms with E-state index in [-0.39, 0.29) is 11.8 Å². The molecule has 17 heavy (non-hydrogen) atoms. The molecular formula is C12H18ClNO2S. The quantitative estimate of drug-likeness (QED) is 0.897. The van der Waals surface area contributed by atoms with Crippen LogP contribution in [0.1, 0.15) is 19.4 Å². The molecule has 0 aliphatic carbocycles. The van der Waals surface area contributed by atoms with Gasteiger partial charge >= 0.3 is 0 Å². The van der Waals surface area contributed by atoms with Crippen molar-refractivity contribution in [3.05, 3.63) is 34.9 Å². The maximum atomic E-state index is 12.1. The van der Waals surface area contributed by atoms with Crippen LogP contribution in [0.4, 0.5) is 0 Å². The Bertz CT molecular complexity index is 456. The summed E-state index contributed by atoms with van der Waals surface area (Å²) in [6.07, 6.45) is 0. The van der Waals surface area contributed by atoms with Crippen molar-refractivity contribution in [2.75, 3.05) is 7.05 Å². The van der Waals surface area contributed by atoms with Crippen LogP contribution in [0.5, 0.6) is 0 Å². The molecule has 2 unspecified atom stereocenters. The lowest BCUT2D eigenvalue weighted by atomic mass is 10.2. The molecule has 2 atom stereocenters. The Morgan fingerprint density at radius 3 is 2.24 bits per heavy atom. The normalized spacial score (nSPS) is 15.5. The van der Waals surface area contributed by atoms with Crippen LogP contribution in [-0.4, -0.2) is 26.8 Å². The molecule has 0 amide bonds. The molecule has 0 aliphatic heterocycles. The second-order valence-corrected chi connectivity index (χ2v) is 7.01. The van der Waals surface area contributed by atoms with Gasteiger partial charge in [0.2, 0.25) is 0 Å². The molecule has 0 heterocycles. The predicted molar refractivity (Wildman–Crippen MR) is 72.1 cm³/mol. The molecule has 0 fully saturated rings. The van der Waals surface area contributed by atoms with Crippen LogP contribution >= 0.6 is 11.6 Å². The average molecular weight is 276 g/mol. The van der Waals surface area contributed by atoms with Crippen LogP contribution in [0.25, 0.3) is 0 Å². The van der Waals surface area contributed by atoms with Gasteiger partial charge in [-0.1, -0.05) is 23.7 Å². The zero-order valence-corrected chi connectivity index (χ0v) is 11.8. The molecule has 1 aromatic rings. The van der Waals surface area contributed by atoms with Crippen molar-refractivity contribution in [2.24, 2.45) is 0 Å². The van der Waals surface area contributed by atoms with Crippen molar-refractivity contribution >= 4 is 21.4 Å². The fourth-order valence-corrected chi connectivity index (χ4v) is 3.29. The summed E-state index contributed by atoms with van der Waals surface area (Å²) in [5, 5.41) is 3.17. The van der Waals surface area contributed by atoms with Crippen molar-refractivity contribution in [1.29, 1.82) is 0 Å². The Balaban J connectivity index is 2.83. The monoisotopic (exact) mass is 275 g/mol. The molecule has 5 heteroatoms. The van der Waals surface area contributed by atoms with E-state index in [1.54, 1.807) is 38.2 Å². The summed E-state index contributed by atoms with van der Waals surface area (Å²) in [4.78, 5) is 0. The SMILES string of the molecule is CNC(C)C(C)S(=O)(=O)Cc1ccc(Cl)cc1. The molecule has 1 N–H and O–H groups in total. The third kappa shape index (κ3) is 3.98. The Kier molecular flexibility index (Phi) is 4.98. The van der Waals surface area contributed by atoms with Gasteiger partial charge in [-0.15, -0.1) is 0 Å². The molecule has 0 saturated carbocycles. The first-order chi connectivity index (χ1) is 7.86. The number of hydrogen-bond donors (Lipinski definition) is 1. The molecule has 0 aliphatic rings. The summed E-state index contributed by atoms with van der Waals surface area (Å²) in [6, 6.07) is 6.84. The molecule has 3 nitrogen and oxygen atoms in total. The lowest BCUT2D eigenvalue weighted by molar-refractivity contribution is 0.539. The van der Waals surface area contributed by atoms with E-state index in [1.165, 1.54) is 0 Å². The molecule has 0 aromatic heterocycles. The van der Waals surface area contributed by atoms with E-state index >= 15 is 0 Å². The van der Waals surface area contributed by atoms with Gasteiger partial charge in [0.05, 0.1) is 11.0 Å². The van der Waals surface area contributed by atoms with Crippen molar-refractivity contribution in [1.82, 2.24) is 5.32 Å². The van der Waals surface area contributed by atoms with E-state index in [2.05, 4.69) is 5.32 Å². The third-order valence-electron chi connectivity index (χ3n) is 3.01. The molecule has 0 bridgehead atoms. The van der Waals surface area contributed by atoms with E-state index in [1.807, 2.05) is 6.92 Å². The van der Waals surface area contributed by atoms with E-state index in [0.717, 1.165) is 5.56 Å². The van der Waals surface area contributed by atoms with Crippen molar-refractivity contribution < 1.29 is 8.42 Å². The highest BCUT2D eigenvalue weighted by atomic mass is 35.5. The van der Waals surface area contributed by atoms with Gasteiger partial charge in [-0.25, -0.2) is 8.42 Å². The van der Waals surface area contributed by atoms with Gasteiger partial charge in [0, 0.05) is 11.1 Å². The Labute approximate surface area is 108 Å². The Morgan fingerprint density at radius 2 is 1.76 bits per heavy atom. The summed E-state index contributed by atoms with van der Waals surface area (Å²) >= 11 is 5.76. The maximum Gasteiger partial charge on any atom is 0.158 e. The first-order valence-electron chi connectivity index (χ1n) is 5.50. The summed E-state index contributed by atoms with van der Waals surface area (Å²) in [5.41, 5.74) is 0.768. The van der Waals surface area contributed by atoms with Crippen LogP contribution in [0, 0.1) is 0 Å². The molecule has 0 radical (unpaired) electrons. The number of halogens is 1. The molecule has 0 saturated heterocycles.